The van der Waals surface area contributed by atoms with Gasteiger partial charge in [0.15, 0.2) is 5.75 Å². The van der Waals surface area contributed by atoms with Crippen molar-refractivity contribution in [2.75, 3.05) is 13.2 Å². The summed E-state index contributed by atoms with van der Waals surface area (Å²) in [5, 5.41) is 11.6. The van der Waals surface area contributed by atoms with Gasteiger partial charge in [-0.15, -0.1) is 0 Å². The Balaban J connectivity index is 2.16. The van der Waals surface area contributed by atoms with E-state index < -0.39 is 0 Å². The molecule has 5 heteroatoms. The zero-order chi connectivity index (χ0) is 26.0. The van der Waals surface area contributed by atoms with Crippen LogP contribution in [0.1, 0.15) is 124 Å². The Labute approximate surface area is 219 Å². The average Bonchev–Trinajstić information content (AvgIpc) is 2.88. The molecule has 36 heavy (non-hydrogen) atoms. The molecule has 0 bridgehead atoms. The van der Waals surface area contributed by atoms with Crippen molar-refractivity contribution in [2.24, 2.45) is 0 Å². The van der Waals surface area contributed by atoms with Crippen LogP contribution < -0.4 is 15.0 Å². The minimum atomic E-state index is -0.239. The highest BCUT2D eigenvalue weighted by Gasteiger charge is 2.18. The number of hydrogen-bond donors (Lipinski definition) is 1. The first kappa shape index (κ1) is 30.1. The van der Waals surface area contributed by atoms with E-state index in [-0.39, 0.29) is 17.1 Å². The average molecular weight is 502 g/mol. The quantitative estimate of drug-likeness (QED) is 0.174. The highest BCUT2D eigenvalue weighted by atomic mass is 16.5. The molecule has 0 fully saturated rings. The van der Waals surface area contributed by atoms with Gasteiger partial charge >= 0.3 is 0 Å². The lowest BCUT2D eigenvalue weighted by Crippen LogP contribution is -2.23. The first-order chi connectivity index (χ1) is 17.6. The number of benzene rings is 1. The molecule has 0 amide bonds. The van der Waals surface area contributed by atoms with E-state index >= 15 is 0 Å². The summed E-state index contributed by atoms with van der Waals surface area (Å²) in [6.45, 7) is 8.36. The van der Waals surface area contributed by atoms with Crippen LogP contribution in [0.4, 0.5) is 0 Å². The van der Waals surface area contributed by atoms with Crippen LogP contribution in [0.3, 0.4) is 0 Å². The molecule has 204 valence electrons. The Morgan fingerprint density at radius 2 is 1.22 bits per heavy atom. The molecule has 0 aliphatic carbocycles. The number of unbranched alkanes of at least 4 members (excludes halogenated alkanes) is 13. The fourth-order valence-corrected chi connectivity index (χ4v) is 4.66. The van der Waals surface area contributed by atoms with Crippen molar-refractivity contribution in [1.82, 2.24) is 4.57 Å². The molecule has 0 aliphatic heterocycles. The molecule has 2 aromatic rings. The third-order valence-corrected chi connectivity index (χ3v) is 6.92. The van der Waals surface area contributed by atoms with Crippen molar-refractivity contribution in [3.63, 3.8) is 0 Å². The fraction of sp³-hybridized carbons (Fsp3) is 0.710. The van der Waals surface area contributed by atoms with Crippen LogP contribution in [-0.2, 0) is 6.54 Å². The van der Waals surface area contributed by atoms with Crippen molar-refractivity contribution >= 4 is 10.9 Å². The third kappa shape index (κ3) is 10.1. The van der Waals surface area contributed by atoms with E-state index in [0.29, 0.717) is 25.1 Å². The van der Waals surface area contributed by atoms with Crippen LogP contribution in [0.2, 0.25) is 0 Å². The highest BCUT2D eigenvalue weighted by Crippen LogP contribution is 2.34. The van der Waals surface area contributed by atoms with Gasteiger partial charge in [0.05, 0.1) is 18.7 Å². The van der Waals surface area contributed by atoms with Gasteiger partial charge < -0.3 is 19.1 Å². The van der Waals surface area contributed by atoms with E-state index in [2.05, 4.69) is 20.8 Å². The molecule has 1 N–H and O–H groups in total. The lowest BCUT2D eigenvalue weighted by Gasteiger charge is -2.17. The summed E-state index contributed by atoms with van der Waals surface area (Å²) in [6.07, 6.45) is 18.5. The summed E-state index contributed by atoms with van der Waals surface area (Å²) in [4.78, 5) is 13.4. The smallest absolute Gasteiger partial charge is 0.297 e. The summed E-state index contributed by atoms with van der Waals surface area (Å²) in [6, 6.07) is 5.67. The Kier molecular flexibility index (Phi) is 15.1. The Bertz CT molecular complexity index is 921. The predicted octanol–water partition coefficient (Wildman–Crippen LogP) is 8.77. The molecule has 0 unspecified atom stereocenters. The molecule has 0 aliphatic rings. The summed E-state index contributed by atoms with van der Waals surface area (Å²) < 4.78 is 13.7. The minimum Gasteiger partial charge on any atom is -0.504 e. The van der Waals surface area contributed by atoms with Gasteiger partial charge in [0.1, 0.15) is 5.75 Å². The summed E-state index contributed by atoms with van der Waals surface area (Å²) in [5.41, 5.74) is 0.488. The number of pyridine rings is 1. The van der Waals surface area contributed by atoms with Gasteiger partial charge in [0.25, 0.3) is 5.56 Å². The zero-order valence-corrected chi connectivity index (χ0v) is 23.3. The van der Waals surface area contributed by atoms with Crippen molar-refractivity contribution < 1.29 is 14.6 Å². The highest BCUT2D eigenvalue weighted by molar-refractivity contribution is 5.88. The molecule has 0 atom stereocenters. The van der Waals surface area contributed by atoms with E-state index in [0.717, 1.165) is 56.2 Å². The van der Waals surface area contributed by atoms with E-state index in [1.165, 1.54) is 57.8 Å². The monoisotopic (exact) mass is 501 g/mol. The number of ether oxygens (including phenoxy) is 2. The van der Waals surface area contributed by atoms with Crippen LogP contribution >= 0.6 is 0 Å². The maximum absolute atomic E-state index is 13.4. The summed E-state index contributed by atoms with van der Waals surface area (Å²) in [7, 11) is 0. The number of fused-ring (bicyclic) bond motifs is 1. The maximum atomic E-state index is 13.4. The van der Waals surface area contributed by atoms with E-state index in [9.17, 15) is 9.90 Å². The first-order valence-corrected chi connectivity index (χ1v) is 14.8. The molecule has 1 heterocycles. The van der Waals surface area contributed by atoms with Gasteiger partial charge in [-0.25, -0.2) is 0 Å². The maximum Gasteiger partial charge on any atom is 0.297 e. The van der Waals surface area contributed by atoms with Gasteiger partial charge in [0, 0.05) is 18.0 Å². The second-order valence-corrected chi connectivity index (χ2v) is 10.1. The summed E-state index contributed by atoms with van der Waals surface area (Å²) in [5.74, 6) is 0.790. The minimum absolute atomic E-state index is 0.0489. The Hall–Kier alpha value is -2.17. The van der Waals surface area contributed by atoms with Crippen molar-refractivity contribution in [1.29, 1.82) is 0 Å². The number of rotatable bonds is 21. The van der Waals surface area contributed by atoms with Gasteiger partial charge in [-0.1, -0.05) is 104 Å². The van der Waals surface area contributed by atoms with Gasteiger partial charge in [-0.05, 0) is 31.4 Å². The number of aromatic hydroxyl groups is 1. The fourth-order valence-electron chi connectivity index (χ4n) is 4.66. The van der Waals surface area contributed by atoms with Crippen molar-refractivity contribution in [2.45, 2.75) is 130 Å². The molecular formula is C31H51NO4. The van der Waals surface area contributed by atoms with Gasteiger partial charge in [-0.2, -0.15) is 0 Å². The van der Waals surface area contributed by atoms with E-state index in [4.69, 9.17) is 9.47 Å². The third-order valence-electron chi connectivity index (χ3n) is 6.92. The lowest BCUT2D eigenvalue weighted by molar-refractivity contribution is 0.284. The molecule has 0 radical (unpaired) electrons. The van der Waals surface area contributed by atoms with Crippen LogP contribution in [0.5, 0.6) is 17.2 Å². The van der Waals surface area contributed by atoms with Crippen molar-refractivity contribution in [3.05, 3.63) is 28.6 Å². The Morgan fingerprint density at radius 3 is 1.86 bits per heavy atom. The lowest BCUT2D eigenvalue weighted by atomic mass is 10.1. The van der Waals surface area contributed by atoms with Crippen LogP contribution in [0.15, 0.2) is 23.0 Å². The molecule has 0 saturated carbocycles. The molecular weight excluding hydrogens is 450 g/mol. The standard InChI is InChI=1S/C31H51NO4/c1-4-7-10-13-15-17-22-32-28-25-26(35-23-19-16-14-11-8-5-2)20-21-27(28)29(33)30(31(32)34)36-24-18-12-9-6-3/h20-21,25,33H,4-19,22-24H2,1-3H3. The Morgan fingerprint density at radius 1 is 0.694 bits per heavy atom. The first-order valence-electron chi connectivity index (χ1n) is 14.8. The molecule has 1 aromatic carbocycles. The van der Waals surface area contributed by atoms with Gasteiger partial charge in [0.2, 0.25) is 5.75 Å². The molecule has 2 rings (SSSR count). The van der Waals surface area contributed by atoms with Crippen molar-refractivity contribution in [3.8, 4) is 17.2 Å². The number of hydrogen-bond acceptors (Lipinski definition) is 4. The number of aromatic nitrogens is 1. The largest absolute Gasteiger partial charge is 0.504 e. The SMILES string of the molecule is CCCCCCCCOc1ccc2c(O)c(OCCCCCC)c(=O)n(CCCCCCCC)c2c1. The molecule has 5 nitrogen and oxygen atoms in total. The molecule has 0 saturated heterocycles. The number of aryl methyl sites for hydroxylation is 1. The van der Waals surface area contributed by atoms with Crippen LogP contribution in [-0.4, -0.2) is 22.9 Å². The molecule has 0 spiro atoms. The van der Waals surface area contributed by atoms with Crippen LogP contribution in [0.25, 0.3) is 10.9 Å². The predicted molar refractivity (Wildman–Crippen MR) is 152 cm³/mol. The second kappa shape index (κ2) is 18.1. The zero-order valence-electron chi connectivity index (χ0n) is 23.3. The number of nitrogens with zero attached hydrogens (tertiary/aromatic N) is 1. The molecule has 1 aromatic heterocycles. The van der Waals surface area contributed by atoms with E-state index in [1.54, 1.807) is 4.57 Å². The van der Waals surface area contributed by atoms with E-state index in [1.807, 2.05) is 18.2 Å². The van der Waals surface area contributed by atoms with Crippen LogP contribution in [0, 0.1) is 0 Å². The second-order valence-electron chi connectivity index (χ2n) is 10.1. The van der Waals surface area contributed by atoms with Gasteiger partial charge in [-0.3, -0.25) is 4.79 Å². The normalized spacial score (nSPS) is 11.3. The summed E-state index contributed by atoms with van der Waals surface area (Å²) >= 11 is 0. The topological polar surface area (TPSA) is 60.7 Å².